The number of fused-ring (bicyclic) bond motifs is 1. The van der Waals surface area contributed by atoms with Crippen molar-refractivity contribution in [1.29, 1.82) is 0 Å². The molecule has 92 valence electrons. The monoisotopic (exact) mass is 233 g/mol. The number of rotatable bonds is 2. The first-order valence-electron chi connectivity index (χ1n) is 6.47. The maximum atomic E-state index is 6.13. The van der Waals surface area contributed by atoms with Gasteiger partial charge in [0.15, 0.2) is 11.5 Å². The highest BCUT2D eigenvalue weighted by Crippen LogP contribution is 2.37. The van der Waals surface area contributed by atoms with Crippen LogP contribution in [0.25, 0.3) is 0 Å². The number of benzene rings is 1. The van der Waals surface area contributed by atoms with Crippen LogP contribution in [0.4, 0.5) is 0 Å². The van der Waals surface area contributed by atoms with Gasteiger partial charge in [-0.2, -0.15) is 0 Å². The van der Waals surface area contributed by atoms with Gasteiger partial charge in [0.1, 0.15) is 13.2 Å². The van der Waals surface area contributed by atoms with Crippen LogP contribution in [0.1, 0.15) is 24.8 Å². The average molecular weight is 233 g/mol. The molecule has 0 amide bonds. The molecule has 0 saturated heterocycles. The van der Waals surface area contributed by atoms with Gasteiger partial charge in [-0.15, -0.1) is 0 Å². The molecule has 1 aliphatic carbocycles. The standard InChI is InChI=1S/C14H19NO2/c15-12-5-1-3-10(12)9-11-4-2-6-13-14(11)17-8-7-16-13/h2,4,6,10,12H,1,3,5,7-9,15H2. The first-order valence-corrected chi connectivity index (χ1v) is 6.47. The molecule has 0 bridgehead atoms. The molecule has 3 heteroatoms. The largest absolute Gasteiger partial charge is 0.486 e. The fourth-order valence-corrected chi connectivity index (χ4v) is 2.90. The summed E-state index contributed by atoms with van der Waals surface area (Å²) in [6.45, 7) is 1.31. The van der Waals surface area contributed by atoms with Gasteiger partial charge >= 0.3 is 0 Å². The molecule has 1 aromatic carbocycles. The van der Waals surface area contributed by atoms with Gasteiger partial charge in [-0.05, 0) is 36.8 Å². The maximum absolute atomic E-state index is 6.13. The van der Waals surface area contributed by atoms with E-state index < -0.39 is 0 Å². The first kappa shape index (κ1) is 10.9. The van der Waals surface area contributed by atoms with E-state index in [4.69, 9.17) is 15.2 Å². The number of ether oxygens (including phenoxy) is 2. The van der Waals surface area contributed by atoms with Crippen molar-refractivity contribution in [3.8, 4) is 11.5 Å². The Morgan fingerprint density at radius 2 is 2.06 bits per heavy atom. The molecular weight excluding hydrogens is 214 g/mol. The van der Waals surface area contributed by atoms with E-state index in [0.717, 1.165) is 24.3 Å². The molecule has 2 atom stereocenters. The number of hydrogen-bond donors (Lipinski definition) is 1. The third-order valence-corrected chi connectivity index (χ3v) is 3.85. The second-order valence-corrected chi connectivity index (χ2v) is 5.00. The molecular formula is C14H19NO2. The third-order valence-electron chi connectivity index (χ3n) is 3.85. The lowest BCUT2D eigenvalue weighted by molar-refractivity contribution is 0.169. The van der Waals surface area contributed by atoms with Crippen LogP contribution >= 0.6 is 0 Å². The summed E-state index contributed by atoms with van der Waals surface area (Å²) in [6, 6.07) is 6.52. The summed E-state index contributed by atoms with van der Waals surface area (Å²) >= 11 is 0. The Bertz CT molecular complexity index is 405. The summed E-state index contributed by atoms with van der Waals surface area (Å²) in [7, 11) is 0. The lowest BCUT2D eigenvalue weighted by Gasteiger charge is -2.23. The maximum Gasteiger partial charge on any atom is 0.164 e. The Kier molecular flexibility index (Phi) is 2.93. The minimum Gasteiger partial charge on any atom is -0.486 e. The van der Waals surface area contributed by atoms with Crippen LogP contribution in [-0.4, -0.2) is 19.3 Å². The molecule has 3 nitrogen and oxygen atoms in total. The zero-order valence-corrected chi connectivity index (χ0v) is 10.0. The van der Waals surface area contributed by atoms with Gasteiger partial charge in [-0.3, -0.25) is 0 Å². The van der Waals surface area contributed by atoms with Crippen molar-refractivity contribution < 1.29 is 9.47 Å². The zero-order chi connectivity index (χ0) is 11.7. The summed E-state index contributed by atoms with van der Waals surface area (Å²) in [5.41, 5.74) is 7.39. The molecule has 2 aliphatic rings. The van der Waals surface area contributed by atoms with Gasteiger partial charge in [-0.1, -0.05) is 18.6 Å². The van der Waals surface area contributed by atoms with Gasteiger partial charge in [0.2, 0.25) is 0 Å². The van der Waals surface area contributed by atoms with Crippen LogP contribution in [0.3, 0.4) is 0 Å². The summed E-state index contributed by atoms with van der Waals surface area (Å²) in [6.07, 6.45) is 4.69. The highest BCUT2D eigenvalue weighted by molar-refractivity contribution is 5.47. The molecule has 1 aliphatic heterocycles. The smallest absolute Gasteiger partial charge is 0.164 e. The average Bonchev–Trinajstić information content (AvgIpc) is 2.76. The van der Waals surface area contributed by atoms with Crippen molar-refractivity contribution in [2.45, 2.75) is 31.7 Å². The van der Waals surface area contributed by atoms with Gasteiger partial charge < -0.3 is 15.2 Å². The lowest BCUT2D eigenvalue weighted by atomic mass is 9.94. The second-order valence-electron chi connectivity index (χ2n) is 5.00. The number of nitrogens with two attached hydrogens (primary N) is 1. The Labute approximate surface area is 102 Å². The van der Waals surface area contributed by atoms with E-state index in [1.165, 1.54) is 18.4 Å². The van der Waals surface area contributed by atoms with Gasteiger partial charge in [-0.25, -0.2) is 0 Å². The first-order chi connectivity index (χ1) is 8.34. The van der Waals surface area contributed by atoms with E-state index in [9.17, 15) is 0 Å². The summed E-state index contributed by atoms with van der Waals surface area (Å²) in [5.74, 6) is 2.44. The SMILES string of the molecule is NC1CCCC1Cc1cccc2c1OCCO2. The van der Waals surface area contributed by atoms with Crippen LogP contribution in [0.15, 0.2) is 18.2 Å². The van der Waals surface area contributed by atoms with Crippen molar-refractivity contribution in [2.75, 3.05) is 13.2 Å². The van der Waals surface area contributed by atoms with E-state index in [2.05, 4.69) is 6.07 Å². The zero-order valence-electron chi connectivity index (χ0n) is 10.0. The van der Waals surface area contributed by atoms with Crippen LogP contribution in [0.2, 0.25) is 0 Å². The van der Waals surface area contributed by atoms with Crippen LogP contribution in [0, 0.1) is 5.92 Å². The van der Waals surface area contributed by atoms with Crippen molar-refractivity contribution in [3.63, 3.8) is 0 Å². The quantitative estimate of drug-likeness (QED) is 0.851. The molecule has 17 heavy (non-hydrogen) atoms. The Balaban J connectivity index is 1.82. The van der Waals surface area contributed by atoms with Gasteiger partial charge in [0, 0.05) is 6.04 Å². The molecule has 0 aromatic heterocycles. The normalized spacial score (nSPS) is 27.1. The molecule has 1 heterocycles. The Hall–Kier alpha value is -1.22. The fourth-order valence-electron chi connectivity index (χ4n) is 2.90. The molecule has 1 fully saturated rings. The van der Waals surface area contributed by atoms with Crippen molar-refractivity contribution in [1.82, 2.24) is 0 Å². The molecule has 2 unspecified atom stereocenters. The molecule has 1 aromatic rings. The predicted molar refractivity (Wildman–Crippen MR) is 66.5 cm³/mol. The minimum atomic E-state index is 0.357. The summed E-state index contributed by atoms with van der Waals surface area (Å²) in [4.78, 5) is 0. The lowest BCUT2D eigenvalue weighted by Crippen LogP contribution is -2.26. The van der Waals surface area contributed by atoms with E-state index in [1.807, 2.05) is 12.1 Å². The van der Waals surface area contributed by atoms with Gasteiger partial charge in [0.25, 0.3) is 0 Å². The fraction of sp³-hybridized carbons (Fsp3) is 0.571. The Morgan fingerprint density at radius 1 is 1.18 bits per heavy atom. The molecule has 3 rings (SSSR count). The third kappa shape index (κ3) is 2.12. The second kappa shape index (κ2) is 4.57. The minimum absolute atomic E-state index is 0.357. The molecule has 2 N–H and O–H groups in total. The summed E-state index contributed by atoms with van der Waals surface area (Å²) in [5, 5.41) is 0. The van der Waals surface area contributed by atoms with E-state index >= 15 is 0 Å². The highest BCUT2D eigenvalue weighted by atomic mass is 16.6. The summed E-state index contributed by atoms with van der Waals surface area (Å²) < 4.78 is 11.3. The van der Waals surface area contributed by atoms with Crippen molar-refractivity contribution >= 4 is 0 Å². The molecule has 1 saturated carbocycles. The van der Waals surface area contributed by atoms with Crippen molar-refractivity contribution in [3.05, 3.63) is 23.8 Å². The molecule has 0 radical (unpaired) electrons. The topological polar surface area (TPSA) is 44.5 Å². The van der Waals surface area contributed by atoms with E-state index in [0.29, 0.717) is 25.2 Å². The van der Waals surface area contributed by atoms with Crippen LogP contribution < -0.4 is 15.2 Å². The highest BCUT2D eigenvalue weighted by Gasteiger charge is 2.26. The van der Waals surface area contributed by atoms with Crippen molar-refractivity contribution in [2.24, 2.45) is 11.7 Å². The van der Waals surface area contributed by atoms with Gasteiger partial charge in [0.05, 0.1) is 0 Å². The van der Waals surface area contributed by atoms with Crippen LogP contribution in [-0.2, 0) is 6.42 Å². The number of para-hydroxylation sites is 1. The molecule has 0 spiro atoms. The van der Waals surface area contributed by atoms with E-state index in [-0.39, 0.29) is 0 Å². The van der Waals surface area contributed by atoms with E-state index in [1.54, 1.807) is 0 Å². The Morgan fingerprint density at radius 3 is 2.88 bits per heavy atom. The van der Waals surface area contributed by atoms with Crippen LogP contribution in [0.5, 0.6) is 11.5 Å². The predicted octanol–water partition coefficient (Wildman–Crippen LogP) is 2.13. The number of hydrogen-bond acceptors (Lipinski definition) is 3.